The fourth-order valence-electron chi connectivity index (χ4n) is 2.65. The number of nitrogens with zero attached hydrogens (tertiary/aromatic N) is 1. The monoisotopic (exact) mass is 409 g/mol. The molecule has 142 valence electrons. The first-order chi connectivity index (χ1) is 13.0. The Bertz CT molecular complexity index is 841. The molecule has 2 aromatic rings. The van der Waals surface area contributed by atoms with Gasteiger partial charge in [-0.25, -0.2) is 4.98 Å². The number of nitrogens with one attached hydrogen (secondary N) is 3. The van der Waals surface area contributed by atoms with Crippen molar-refractivity contribution in [1.82, 2.24) is 5.32 Å². The first-order valence-electron chi connectivity index (χ1n) is 8.40. The summed E-state index contributed by atoms with van der Waals surface area (Å²) in [5, 5.41) is 6.02. The van der Waals surface area contributed by atoms with Crippen LogP contribution in [0.5, 0.6) is 0 Å². The van der Waals surface area contributed by atoms with Crippen molar-refractivity contribution in [2.24, 2.45) is 0 Å². The quantitative estimate of drug-likeness (QED) is 0.790. The molecular formula is C18H19Cl2N4O3+. The lowest BCUT2D eigenvalue weighted by Gasteiger charge is -2.28. The second-order valence-corrected chi connectivity index (χ2v) is 6.76. The highest BCUT2D eigenvalue weighted by molar-refractivity contribution is 6.35. The van der Waals surface area contributed by atoms with Crippen LogP contribution in [0.1, 0.15) is 10.5 Å². The van der Waals surface area contributed by atoms with Crippen LogP contribution in [-0.4, -0.2) is 44.7 Å². The number of carbonyl (C=O) groups excluding carboxylic acids is 2. The van der Waals surface area contributed by atoms with E-state index in [0.29, 0.717) is 34.6 Å². The normalized spacial score (nSPS) is 13.9. The molecule has 7 nitrogen and oxygen atoms in total. The van der Waals surface area contributed by atoms with E-state index in [-0.39, 0.29) is 12.5 Å². The molecule has 27 heavy (non-hydrogen) atoms. The molecule has 1 aromatic heterocycles. The maximum atomic E-state index is 12.3. The number of aromatic nitrogens is 1. The zero-order chi connectivity index (χ0) is 19.2. The molecule has 3 N–H and O–H groups in total. The van der Waals surface area contributed by atoms with Gasteiger partial charge in [-0.3, -0.25) is 9.59 Å². The second kappa shape index (κ2) is 9.03. The highest BCUT2D eigenvalue weighted by Gasteiger charge is 2.18. The van der Waals surface area contributed by atoms with E-state index in [0.717, 1.165) is 18.8 Å². The SMILES string of the molecule is O=C(CNC(=O)c1cc(N2CCOCC2)cc[nH+]1)Nc1cc(Cl)ccc1Cl. The van der Waals surface area contributed by atoms with Gasteiger partial charge in [0.1, 0.15) is 0 Å². The number of amides is 2. The highest BCUT2D eigenvalue weighted by Crippen LogP contribution is 2.25. The summed E-state index contributed by atoms with van der Waals surface area (Å²) < 4.78 is 5.34. The number of hydrogen-bond donors (Lipinski definition) is 2. The van der Waals surface area contributed by atoms with Crippen LogP contribution in [0, 0.1) is 0 Å². The lowest BCUT2D eigenvalue weighted by molar-refractivity contribution is -0.381. The van der Waals surface area contributed by atoms with Gasteiger partial charge in [-0.2, -0.15) is 0 Å². The van der Waals surface area contributed by atoms with Crippen molar-refractivity contribution in [2.45, 2.75) is 0 Å². The van der Waals surface area contributed by atoms with Crippen LogP contribution < -0.4 is 20.5 Å². The number of morpholine rings is 1. The van der Waals surface area contributed by atoms with Crippen molar-refractivity contribution in [2.75, 3.05) is 43.1 Å². The fraction of sp³-hybridized carbons (Fsp3) is 0.278. The largest absolute Gasteiger partial charge is 0.378 e. The number of aromatic amines is 1. The van der Waals surface area contributed by atoms with Crippen molar-refractivity contribution in [1.29, 1.82) is 0 Å². The molecule has 0 radical (unpaired) electrons. The smallest absolute Gasteiger partial charge is 0.316 e. The molecule has 0 bridgehead atoms. The Morgan fingerprint density at radius 1 is 1.15 bits per heavy atom. The molecule has 1 aliphatic heterocycles. The topological polar surface area (TPSA) is 84.8 Å². The van der Waals surface area contributed by atoms with Crippen LogP contribution in [0.4, 0.5) is 11.4 Å². The Hall–Kier alpha value is -2.35. The van der Waals surface area contributed by atoms with Crippen LogP contribution in [0.3, 0.4) is 0 Å². The minimum atomic E-state index is -0.406. The van der Waals surface area contributed by atoms with Crippen LogP contribution in [-0.2, 0) is 9.53 Å². The van der Waals surface area contributed by atoms with E-state index in [4.69, 9.17) is 27.9 Å². The minimum absolute atomic E-state index is 0.197. The lowest BCUT2D eigenvalue weighted by Crippen LogP contribution is -2.38. The van der Waals surface area contributed by atoms with E-state index in [9.17, 15) is 9.59 Å². The van der Waals surface area contributed by atoms with Crippen LogP contribution in [0.25, 0.3) is 0 Å². The Morgan fingerprint density at radius 2 is 1.93 bits per heavy atom. The number of benzene rings is 1. The van der Waals surface area contributed by atoms with Gasteiger partial charge in [0.05, 0.1) is 30.5 Å². The molecule has 0 atom stereocenters. The van der Waals surface area contributed by atoms with Crippen molar-refractivity contribution in [3.8, 4) is 0 Å². The Balaban J connectivity index is 1.57. The number of pyridine rings is 1. The summed E-state index contributed by atoms with van der Waals surface area (Å²) in [5.74, 6) is -0.783. The molecule has 0 aliphatic carbocycles. The zero-order valence-corrected chi connectivity index (χ0v) is 15.9. The van der Waals surface area contributed by atoms with Gasteiger partial charge in [-0.1, -0.05) is 23.2 Å². The predicted octanol–water partition coefficient (Wildman–Crippen LogP) is 2.01. The lowest BCUT2D eigenvalue weighted by atomic mass is 10.2. The molecule has 1 aliphatic rings. The molecule has 1 fully saturated rings. The summed E-state index contributed by atoms with van der Waals surface area (Å²) in [5.41, 5.74) is 1.69. The van der Waals surface area contributed by atoms with Crippen molar-refractivity contribution in [3.05, 3.63) is 52.3 Å². The van der Waals surface area contributed by atoms with E-state index in [1.54, 1.807) is 30.5 Å². The van der Waals surface area contributed by atoms with E-state index < -0.39 is 5.91 Å². The summed E-state index contributed by atoms with van der Waals surface area (Å²) in [6.07, 6.45) is 1.70. The highest BCUT2D eigenvalue weighted by atomic mass is 35.5. The molecule has 2 amide bonds. The number of rotatable bonds is 5. The molecule has 0 saturated carbocycles. The van der Waals surface area contributed by atoms with Gasteiger partial charge < -0.3 is 20.3 Å². The maximum absolute atomic E-state index is 12.3. The molecule has 0 unspecified atom stereocenters. The molecule has 2 heterocycles. The number of ether oxygens (including phenoxy) is 1. The van der Waals surface area contributed by atoms with Gasteiger partial charge >= 0.3 is 5.91 Å². The van der Waals surface area contributed by atoms with Crippen LogP contribution >= 0.6 is 23.2 Å². The third kappa shape index (κ3) is 5.32. The predicted molar refractivity (Wildman–Crippen MR) is 103 cm³/mol. The molecule has 3 rings (SSSR count). The summed E-state index contributed by atoms with van der Waals surface area (Å²) >= 11 is 11.9. The standard InChI is InChI=1S/C18H18Cl2N4O3/c19-12-1-2-14(20)15(9-12)23-17(25)11-22-18(26)16-10-13(3-4-21-16)24-5-7-27-8-6-24/h1-4,9-10H,5-8,11H2,(H,22,26)(H,23,25)/p+1. The Labute approximate surface area is 166 Å². The third-order valence-corrected chi connectivity index (χ3v) is 4.58. The van der Waals surface area contributed by atoms with E-state index in [1.807, 2.05) is 6.07 Å². The van der Waals surface area contributed by atoms with Gasteiger partial charge in [0.25, 0.3) is 5.69 Å². The van der Waals surface area contributed by atoms with Crippen molar-refractivity contribution >= 4 is 46.4 Å². The van der Waals surface area contributed by atoms with Gasteiger partial charge in [0.2, 0.25) is 5.91 Å². The van der Waals surface area contributed by atoms with Gasteiger partial charge in [0, 0.05) is 35.9 Å². The van der Waals surface area contributed by atoms with E-state index in [2.05, 4.69) is 20.5 Å². The number of hydrogen-bond acceptors (Lipinski definition) is 4. The van der Waals surface area contributed by atoms with Gasteiger partial charge in [-0.05, 0) is 18.2 Å². The fourth-order valence-corrected chi connectivity index (χ4v) is 2.98. The molecule has 9 heteroatoms. The number of carbonyl (C=O) groups is 2. The first kappa shape index (κ1) is 19.4. The average Bonchev–Trinajstić information content (AvgIpc) is 2.69. The number of anilines is 2. The summed E-state index contributed by atoms with van der Waals surface area (Å²) in [6, 6.07) is 8.41. The molecular weight excluding hydrogens is 391 g/mol. The second-order valence-electron chi connectivity index (χ2n) is 5.91. The van der Waals surface area contributed by atoms with Crippen LogP contribution in [0.2, 0.25) is 10.0 Å². The zero-order valence-electron chi connectivity index (χ0n) is 14.4. The Kier molecular flexibility index (Phi) is 6.49. The van der Waals surface area contributed by atoms with E-state index >= 15 is 0 Å². The first-order valence-corrected chi connectivity index (χ1v) is 9.16. The van der Waals surface area contributed by atoms with E-state index in [1.165, 1.54) is 0 Å². The van der Waals surface area contributed by atoms with Gasteiger partial charge in [0.15, 0.2) is 6.20 Å². The minimum Gasteiger partial charge on any atom is -0.378 e. The molecule has 0 spiro atoms. The summed E-state index contributed by atoms with van der Waals surface area (Å²) in [4.78, 5) is 29.4. The maximum Gasteiger partial charge on any atom is 0.316 e. The number of H-pyrrole nitrogens is 1. The van der Waals surface area contributed by atoms with Crippen molar-refractivity contribution in [3.63, 3.8) is 0 Å². The summed E-state index contributed by atoms with van der Waals surface area (Å²) in [7, 11) is 0. The Morgan fingerprint density at radius 3 is 2.70 bits per heavy atom. The third-order valence-electron chi connectivity index (χ3n) is 4.02. The molecule has 1 aromatic carbocycles. The molecule has 1 saturated heterocycles. The number of halogens is 2. The van der Waals surface area contributed by atoms with Gasteiger partial charge in [-0.15, -0.1) is 0 Å². The average molecular weight is 410 g/mol. The van der Waals surface area contributed by atoms with Crippen molar-refractivity contribution < 1.29 is 19.3 Å². The van der Waals surface area contributed by atoms with Crippen LogP contribution in [0.15, 0.2) is 36.5 Å². The summed E-state index contributed by atoms with van der Waals surface area (Å²) in [6.45, 7) is 2.66.